The fourth-order valence-corrected chi connectivity index (χ4v) is 0.972. The molecule has 1 N–H and O–H groups in total. The third-order valence-electron chi connectivity index (χ3n) is 1.67. The number of hydrogen-bond donors (Lipinski definition) is 1. The topological polar surface area (TPSA) is 46.5 Å². The van der Waals surface area contributed by atoms with E-state index >= 15 is 0 Å². The van der Waals surface area contributed by atoms with Crippen LogP contribution in [0.1, 0.15) is 13.3 Å². The lowest BCUT2D eigenvalue weighted by atomic mass is 10.3. The summed E-state index contributed by atoms with van der Waals surface area (Å²) in [5.41, 5.74) is 0. The minimum Gasteiger partial charge on any atom is -0.479 e. The van der Waals surface area contributed by atoms with Gasteiger partial charge in [0.25, 0.3) is 0 Å². The standard InChI is InChI=1S/C10H12O3/c1-2-9(10(11)12)13-8-6-4-3-5-7-8/h3-7,9H,2H2,1H3,(H,11,12)/t9-/m0/s1. The molecule has 0 fully saturated rings. The van der Waals surface area contributed by atoms with Crippen LogP contribution in [0.2, 0.25) is 0 Å². The molecule has 0 amide bonds. The Bertz CT molecular complexity index is 269. The first-order valence-electron chi connectivity index (χ1n) is 4.18. The van der Waals surface area contributed by atoms with Crippen molar-refractivity contribution in [2.75, 3.05) is 0 Å². The van der Waals surface area contributed by atoms with E-state index in [2.05, 4.69) is 0 Å². The first-order chi connectivity index (χ1) is 6.24. The molecule has 0 aliphatic carbocycles. The molecule has 1 rings (SSSR count). The summed E-state index contributed by atoms with van der Waals surface area (Å²) in [5, 5.41) is 8.71. The molecule has 0 radical (unpaired) electrons. The van der Waals surface area contributed by atoms with Crippen molar-refractivity contribution in [3.63, 3.8) is 0 Å². The normalized spacial score (nSPS) is 12.1. The number of carbonyl (C=O) groups is 1. The first-order valence-corrected chi connectivity index (χ1v) is 4.18. The van der Waals surface area contributed by atoms with Crippen LogP contribution in [0.3, 0.4) is 0 Å². The van der Waals surface area contributed by atoms with E-state index in [1.807, 2.05) is 18.2 Å². The van der Waals surface area contributed by atoms with E-state index in [4.69, 9.17) is 9.84 Å². The van der Waals surface area contributed by atoms with Crippen LogP contribution in [0.15, 0.2) is 30.3 Å². The predicted octanol–water partition coefficient (Wildman–Crippen LogP) is 1.93. The van der Waals surface area contributed by atoms with Crippen LogP contribution in [0.25, 0.3) is 0 Å². The minimum absolute atomic E-state index is 0.463. The largest absolute Gasteiger partial charge is 0.479 e. The van der Waals surface area contributed by atoms with Gasteiger partial charge in [0.15, 0.2) is 6.10 Å². The second-order valence-electron chi connectivity index (χ2n) is 2.67. The number of para-hydroxylation sites is 1. The average molecular weight is 180 g/mol. The quantitative estimate of drug-likeness (QED) is 0.770. The Balaban J connectivity index is 2.62. The van der Waals surface area contributed by atoms with Crippen molar-refractivity contribution in [3.8, 4) is 5.75 Å². The van der Waals surface area contributed by atoms with Gasteiger partial charge in [-0.05, 0) is 18.6 Å². The zero-order valence-electron chi connectivity index (χ0n) is 7.43. The second kappa shape index (κ2) is 4.50. The Kier molecular flexibility index (Phi) is 3.31. The lowest BCUT2D eigenvalue weighted by molar-refractivity contribution is -0.145. The van der Waals surface area contributed by atoms with Crippen LogP contribution < -0.4 is 4.74 Å². The average Bonchev–Trinajstić information content (AvgIpc) is 2.15. The molecule has 3 nitrogen and oxygen atoms in total. The van der Waals surface area contributed by atoms with Gasteiger partial charge in [-0.3, -0.25) is 0 Å². The minimum atomic E-state index is -0.925. The van der Waals surface area contributed by atoms with Crippen LogP contribution >= 0.6 is 0 Å². The SMILES string of the molecule is CC[C@H](Oc1ccccc1)C(=O)O. The van der Waals surface area contributed by atoms with Gasteiger partial charge in [0.2, 0.25) is 0 Å². The highest BCUT2D eigenvalue weighted by molar-refractivity contribution is 5.72. The van der Waals surface area contributed by atoms with E-state index in [9.17, 15) is 4.79 Å². The molecule has 70 valence electrons. The number of hydrogen-bond acceptors (Lipinski definition) is 2. The summed E-state index contributed by atoms with van der Waals surface area (Å²) in [6.07, 6.45) is -0.285. The van der Waals surface area contributed by atoms with Gasteiger partial charge in [-0.2, -0.15) is 0 Å². The monoisotopic (exact) mass is 180 g/mol. The summed E-state index contributed by atoms with van der Waals surface area (Å²) >= 11 is 0. The molecule has 0 bridgehead atoms. The maximum atomic E-state index is 10.6. The van der Waals surface area contributed by atoms with E-state index in [1.165, 1.54) is 0 Å². The highest BCUT2D eigenvalue weighted by Crippen LogP contribution is 2.12. The summed E-state index contributed by atoms with van der Waals surface area (Å²) in [6.45, 7) is 1.78. The molecule has 0 aliphatic heterocycles. The molecule has 1 aromatic rings. The number of benzene rings is 1. The zero-order chi connectivity index (χ0) is 9.68. The Morgan fingerprint density at radius 2 is 2.08 bits per heavy atom. The van der Waals surface area contributed by atoms with Crippen LogP contribution in [0.5, 0.6) is 5.75 Å². The maximum Gasteiger partial charge on any atom is 0.344 e. The molecular weight excluding hydrogens is 168 g/mol. The molecule has 0 aliphatic rings. The molecule has 0 saturated heterocycles. The molecule has 0 heterocycles. The number of carboxylic acid groups (broad SMARTS) is 1. The zero-order valence-corrected chi connectivity index (χ0v) is 7.43. The van der Waals surface area contributed by atoms with Gasteiger partial charge in [-0.15, -0.1) is 0 Å². The highest BCUT2D eigenvalue weighted by atomic mass is 16.5. The van der Waals surface area contributed by atoms with Gasteiger partial charge in [0, 0.05) is 0 Å². The van der Waals surface area contributed by atoms with Crippen molar-refractivity contribution in [2.24, 2.45) is 0 Å². The molecule has 13 heavy (non-hydrogen) atoms. The van der Waals surface area contributed by atoms with E-state index in [-0.39, 0.29) is 0 Å². The number of carboxylic acids is 1. The van der Waals surface area contributed by atoms with Gasteiger partial charge < -0.3 is 9.84 Å². The summed E-state index contributed by atoms with van der Waals surface area (Å²) in [7, 11) is 0. The van der Waals surface area contributed by atoms with Gasteiger partial charge in [-0.1, -0.05) is 25.1 Å². The molecule has 1 atom stereocenters. The van der Waals surface area contributed by atoms with Crippen molar-refractivity contribution in [2.45, 2.75) is 19.4 Å². The molecule has 0 spiro atoms. The van der Waals surface area contributed by atoms with Gasteiger partial charge in [-0.25, -0.2) is 4.79 Å². The second-order valence-corrected chi connectivity index (χ2v) is 2.67. The fourth-order valence-electron chi connectivity index (χ4n) is 0.972. The van der Waals surface area contributed by atoms with E-state index in [0.29, 0.717) is 12.2 Å². The third-order valence-corrected chi connectivity index (χ3v) is 1.67. The van der Waals surface area contributed by atoms with Crippen molar-refractivity contribution < 1.29 is 14.6 Å². The van der Waals surface area contributed by atoms with Crippen molar-refractivity contribution in [1.82, 2.24) is 0 Å². The van der Waals surface area contributed by atoms with Crippen LogP contribution in [0.4, 0.5) is 0 Å². The number of aliphatic carboxylic acids is 1. The maximum absolute atomic E-state index is 10.6. The van der Waals surface area contributed by atoms with Crippen molar-refractivity contribution >= 4 is 5.97 Å². The lowest BCUT2D eigenvalue weighted by Crippen LogP contribution is -2.25. The van der Waals surface area contributed by atoms with Crippen molar-refractivity contribution in [1.29, 1.82) is 0 Å². The molecule has 1 aromatic carbocycles. The van der Waals surface area contributed by atoms with Crippen LogP contribution in [-0.4, -0.2) is 17.2 Å². The summed E-state index contributed by atoms with van der Waals surface area (Å²) in [6, 6.07) is 8.96. The molecule has 3 heteroatoms. The highest BCUT2D eigenvalue weighted by Gasteiger charge is 2.15. The summed E-state index contributed by atoms with van der Waals surface area (Å²) < 4.78 is 5.23. The van der Waals surface area contributed by atoms with Crippen molar-refractivity contribution in [3.05, 3.63) is 30.3 Å². The predicted molar refractivity (Wildman–Crippen MR) is 48.8 cm³/mol. The number of ether oxygens (including phenoxy) is 1. The van der Waals surface area contributed by atoms with Gasteiger partial charge in [0.1, 0.15) is 5.75 Å². The van der Waals surface area contributed by atoms with Gasteiger partial charge in [0.05, 0.1) is 0 Å². The molecule has 0 saturated carbocycles. The van der Waals surface area contributed by atoms with E-state index < -0.39 is 12.1 Å². The Morgan fingerprint density at radius 3 is 2.54 bits per heavy atom. The Labute approximate surface area is 77.0 Å². The van der Waals surface area contributed by atoms with Gasteiger partial charge >= 0.3 is 5.97 Å². The third kappa shape index (κ3) is 2.78. The summed E-state index contributed by atoms with van der Waals surface area (Å²) in [4.78, 5) is 10.6. The molecule has 0 unspecified atom stereocenters. The van der Waals surface area contributed by atoms with Crippen LogP contribution in [-0.2, 0) is 4.79 Å². The molecule has 0 aromatic heterocycles. The van der Waals surface area contributed by atoms with E-state index in [0.717, 1.165) is 0 Å². The first kappa shape index (κ1) is 9.58. The Morgan fingerprint density at radius 1 is 1.46 bits per heavy atom. The number of rotatable bonds is 4. The van der Waals surface area contributed by atoms with Crippen LogP contribution in [0, 0.1) is 0 Å². The molecular formula is C10H12O3. The fraction of sp³-hybridized carbons (Fsp3) is 0.300. The van der Waals surface area contributed by atoms with E-state index in [1.54, 1.807) is 19.1 Å². The smallest absolute Gasteiger partial charge is 0.344 e. The summed E-state index contributed by atoms with van der Waals surface area (Å²) in [5.74, 6) is -0.330. The lowest BCUT2D eigenvalue weighted by Gasteiger charge is -2.12. The Hall–Kier alpha value is -1.51.